The Morgan fingerprint density at radius 1 is 0.973 bits per heavy atom. The number of ether oxygens (including phenoxy) is 1. The van der Waals surface area contributed by atoms with E-state index in [0.717, 1.165) is 70.3 Å². The Morgan fingerprint density at radius 3 is 2.14 bits per heavy atom. The van der Waals surface area contributed by atoms with E-state index in [4.69, 9.17) is 9.15 Å². The monoisotopic (exact) mass is 568 g/mol. The molecule has 37 heavy (non-hydrogen) atoms. The van der Waals surface area contributed by atoms with Crippen molar-refractivity contribution in [3.05, 3.63) is 58.7 Å². The van der Waals surface area contributed by atoms with Gasteiger partial charge < -0.3 is 9.15 Å². The van der Waals surface area contributed by atoms with Crippen LogP contribution in [0.5, 0.6) is 0 Å². The number of oxazole rings is 1. The first kappa shape index (κ1) is 31.0. The molecule has 0 bridgehead atoms. The second-order valence-electron chi connectivity index (χ2n) is 9.95. The van der Waals surface area contributed by atoms with Crippen LogP contribution in [0.1, 0.15) is 85.1 Å². The van der Waals surface area contributed by atoms with Gasteiger partial charge in [-0.2, -0.15) is 0 Å². The van der Waals surface area contributed by atoms with E-state index in [1.54, 1.807) is 6.20 Å². The van der Waals surface area contributed by atoms with Crippen LogP contribution in [0.3, 0.4) is 0 Å². The molecule has 4 nitrogen and oxygen atoms in total. The third kappa shape index (κ3) is 11.8. The molecule has 1 fully saturated rings. The highest BCUT2D eigenvalue weighted by molar-refractivity contribution is 9.10. The molecular weight excluding hydrogens is 524 g/mol. The van der Waals surface area contributed by atoms with Gasteiger partial charge in [-0.15, -0.1) is 0 Å². The summed E-state index contributed by atoms with van der Waals surface area (Å²) in [5.74, 6) is 2.40. The average Bonchev–Trinajstić information content (AvgIpc) is 3.38. The number of benzene rings is 2. The Balaban J connectivity index is 0.000000281. The second kappa shape index (κ2) is 17.3. The highest BCUT2D eigenvalue weighted by Crippen LogP contribution is 2.30. The maximum Gasteiger partial charge on any atom is 0.226 e. The van der Waals surface area contributed by atoms with Gasteiger partial charge in [0, 0.05) is 34.5 Å². The zero-order valence-corrected chi connectivity index (χ0v) is 25.2. The molecule has 1 saturated carbocycles. The van der Waals surface area contributed by atoms with E-state index in [1.165, 1.54) is 32.1 Å². The van der Waals surface area contributed by atoms with E-state index >= 15 is 0 Å². The Morgan fingerprint density at radius 2 is 1.59 bits per heavy atom. The van der Waals surface area contributed by atoms with Crippen molar-refractivity contribution >= 4 is 27.3 Å². The van der Waals surface area contributed by atoms with Crippen molar-refractivity contribution in [1.82, 2.24) is 4.98 Å². The van der Waals surface area contributed by atoms with Gasteiger partial charge in [0.15, 0.2) is 5.76 Å². The van der Waals surface area contributed by atoms with Crippen molar-refractivity contribution in [2.45, 2.75) is 86.5 Å². The zero-order valence-electron chi connectivity index (χ0n) is 23.6. The summed E-state index contributed by atoms with van der Waals surface area (Å²) in [4.78, 5) is 8.97. The summed E-state index contributed by atoms with van der Waals surface area (Å²) in [7, 11) is 0. The smallest absolute Gasteiger partial charge is 0.226 e. The molecule has 1 aromatic heterocycles. The van der Waals surface area contributed by atoms with E-state index < -0.39 is 0 Å². The maximum atomic E-state index is 5.92. The third-order valence-corrected chi connectivity index (χ3v) is 6.55. The van der Waals surface area contributed by atoms with Gasteiger partial charge in [0.2, 0.25) is 5.89 Å². The molecule has 0 saturated heterocycles. The van der Waals surface area contributed by atoms with Crippen LogP contribution in [0.25, 0.3) is 22.8 Å². The number of hydrogen-bond donors (Lipinski definition) is 0. The quantitative estimate of drug-likeness (QED) is 0.210. The molecule has 0 radical (unpaired) electrons. The maximum absolute atomic E-state index is 5.92. The van der Waals surface area contributed by atoms with Gasteiger partial charge >= 0.3 is 0 Å². The molecule has 2 aromatic carbocycles. The van der Waals surface area contributed by atoms with E-state index in [9.17, 15) is 0 Å². The lowest BCUT2D eigenvalue weighted by molar-refractivity contribution is 0.135. The molecule has 3 aromatic rings. The van der Waals surface area contributed by atoms with Crippen molar-refractivity contribution in [2.75, 3.05) is 13.2 Å². The first-order valence-corrected chi connectivity index (χ1v) is 14.6. The van der Waals surface area contributed by atoms with Crippen LogP contribution in [0.2, 0.25) is 0 Å². The topological polar surface area (TPSA) is 47.6 Å². The van der Waals surface area contributed by atoms with Crippen LogP contribution in [-0.2, 0) is 4.74 Å². The Bertz CT molecular complexity index is 1060. The van der Waals surface area contributed by atoms with Crippen LogP contribution in [-0.4, -0.2) is 23.9 Å². The summed E-state index contributed by atoms with van der Waals surface area (Å²) in [6.45, 7) is 14.5. The lowest BCUT2D eigenvalue weighted by Crippen LogP contribution is -1.99. The third-order valence-electron chi connectivity index (χ3n) is 6.03. The van der Waals surface area contributed by atoms with E-state index in [-0.39, 0.29) is 0 Å². The fourth-order valence-corrected chi connectivity index (χ4v) is 4.22. The van der Waals surface area contributed by atoms with Crippen molar-refractivity contribution in [3.63, 3.8) is 0 Å². The standard InChI is InChI=1S/C19H17BrN2O.C7H14.C6H14O/c1-12(2)22-17-10-15(5-4-13(17)3)19-21-11-18(23-19)14-6-8-16(20)9-7-14;1-7-5-3-2-4-6-7;1-3-5-7-6-4-2/h4-11H,1-3H3;7H,2-6H2,1H3;3-6H2,1-2H3. The predicted octanol–water partition coefficient (Wildman–Crippen LogP) is 10.6. The highest BCUT2D eigenvalue weighted by Gasteiger charge is 2.10. The number of nitrogens with zero attached hydrogens (tertiary/aromatic N) is 2. The molecule has 1 aliphatic carbocycles. The molecule has 1 heterocycles. The molecular formula is C32H45BrN2O2. The largest absolute Gasteiger partial charge is 0.436 e. The van der Waals surface area contributed by atoms with Crippen LogP contribution in [0, 0.1) is 12.8 Å². The molecule has 0 aliphatic heterocycles. The normalized spacial score (nSPS) is 13.2. The van der Waals surface area contributed by atoms with Gasteiger partial charge in [0.05, 0.1) is 11.9 Å². The summed E-state index contributed by atoms with van der Waals surface area (Å²) >= 11 is 3.44. The predicted molar refractivity (Wildman–Crippen MR) is 162 cm³/mol. The van der Waals surface area contributed by atoms with E-state index in [0.29, 0.717) is 5.89 Å². The molecule has 0 atom stereocenters. The first-order valence-electron chi connectivity index (χ1n) is 13.8. The Kier molecular flexibility index (Phi) is 14.5. The number of rotatable bonds is 7. The minimum absolute atomic E-state index is 0.605. The molecule has 0 spiro atoms. The first-order chi connectivity index (χ1) is 17.8. The van der Waals surface area contributed by atoms with Gasteiger partial charge in [0.1, 0.15) is 0 Å². The zero-order chi connectivity index (χ0) is 27.0. The van der Waals surface area contributed by atoms with Crippen LogP contribution >= 0.6 is 15.9 Å². The second-order valence-corrected chi connectivity index (χ2v) is 10.9. The SMILES string of the molecule is CC(C)=Nc1cc(-c2ncc(-c3ccc(Br)cc3)o2)ccc1C.CC1CCCCC1.CCCOCCC. The molecule has 1 aliphatic rings. The molecule has 0 N–H and O–H groups in total. The Hall–Kier alpha value is -2.24. The molecule has 0 unspecified atom stereocenters. The van der Waals surface area contributed by atoms with Gasteiger partial charge in [-0.25, -0.2) is 4.98 Å². The van der Waals surface area contributed by atoms with Crippen molar-refractivity contribution < 1.29 is 9.15 Å². The molecule has 5 heteroatoms. The molecule has 4 rings (SSSR count). The lowest BCUT2D eigenvalue weighted by atomic mass is 9.91. The summed E-state index contributed by atoms with van der Waals surface area (Å²) < 4.78 is 12.1. The van der Waals surface area contributed by atoms with Gasteiger partial charge in [-0.3, -0.25) is 4.99 Å². The number of aryl methyl sites for hydroxylation is 1. The van der Waals surface area contributed by atoms with Crippen molar-refractivity contribution in [3.8, 4) is 22.8 Å². The average molecular weight is 570 g/mol. The number of halogens is 1. The summed E-state index contributed by atoms with van der Waals surface area (Å²) in [5.41, 5.74) is 5.04. The summed E-state index contributed by atoms with van der Waals surface area (Å²) in [6.07, 6.45) is 11.5. The van der Waals surface area contributed by atoms with Crippen LogP contribution < -0.4 is 0 Å². The highest BCUT2D eigenvalue weighted by atomic mass is 79.9. The van der Waals surface area contributed by atoms with Gasteiger partial charge in [0.25, 0.3) is 0 Å². The molecule has 0 amide bonds. The molecule has 202 valence electrons. The van der Waals surface area contributed by atoms with E-state index in [1.807, 2.05) is 63.2 Å². The van der Waals surface area contributed by atoms with Crippen molar-refractivity contribution in [1.29, 1.82) is 0 Å². The number of aromatic nitrogens is 1. The number of hydrogen-bond acceptors (Lipinski definition) is 4. The summed E-state index contributed by atoms with van der Waals surface area (Å²) in [5, 5.41) is 0. The summed E-state index contributed by atoms with van der Waals surface area (Å²) in [6, 6.07) is 14.0. The Labute approximate surface area is 233 Å². The van der Waals surface area contributed by atoms with Crippen molar-refractivity contribution in [2.24, 2.45) is 10.9 Å². The number of aliphatic imine (C=N–C) groups is 1. The lowest BCUT2D eigenvalue weighted by Gasteiger charge is -2.15. The van der Waals surface area contributed by atoms with Crippen LogP contribution in [0.4, 0.5) is 5.69 Å². The minimum Gasteiger partial charge on any atom is -0.436 e. The van der Waals surface area contributed by atoms with Gasteiger partial charge in [-0.1, -0.05) is 87.0 Å². The van der Waals surface area contributed by atoms with Crippen LogP contribution in [0.15, 0.2) is 62.5 Å². The fourth-order valence-electron chi connectivity index (χ4n) is 3.96. The minimum atomic E-state index is 0.605. The van der Waals surface area contributed by atoms with Gasteiger partial charge in [-0.05, 0) is 69.4 Å². The fraction of sp³-hybridized carbons (Fsp3) is 0.500. The van der Waals surface area contributed by atoms with E-state index in [2.05, 4.69) is 46.7 Å².